The highest BCUT2D eigenvalue weighted by atomic mass is 16.5. The minimum absolute atomic E-state index is 0.360. The van der Waals surface area contributed by atoms with E-state index in [0.717, 1.165) is 11.1 Å². The summed E-state index contributed by atoms with van der Waals surface area (Å²) in [5, 5.41) is 10.2. The molecule has 0 bridgehead atoms. The second-order valence-corrected chi connectivity index (χ2v) is 4.90. The molecule has 1 aromatic rings. The molecule has 0 amide bonds. The highest BCUT2D eigenvalue weighted by Gasteiger charge is 2.26. The van der Waals surface area contributed by atoms with Crippen LogP contribution in [0.2, 0.25) is 0 Å². The van der Waals surface area contributed by atoms with Crippen molar-refractivity contribution in [1.29, 1.82) is 0 Å². The van der Waals surface area contributed by atoms with Crippen molar-refractivity contribution in [2.75, 3.05) is 7.11 Å². The third-order valence-corrected chi connectivity index (χ3v) is 3.04. The van der Waals surface area contributed by atoms with E-state index in [2.05, 4.69) is 0 Å². The Hall–Kier alpha value is -1.61. The third-order valence-electron chi connectivity index (χ3n) is 3.04. The Bertz CT molecular complexity index is 419. The van der Waals surface area contributed by atoms with Gasteiger partial charge in [-0.05, 0) is 32.3 Å². The summed E-state index contributed by atoms with van der Waals surface area (Å²) in [4.78, 5) is 11.7. The lowest BCUT2D eigenvalue weighted by Gasteiger charge is -2.19. The van der Waals surface area contributed by atoms with Gasteiger partial charge in [0.05, 0.1) is 19.1 Å². The SMILES string of the molecule is COC(=O)[C@H](CC=C(C)C)[C@H](O)Cc1ccccc1. The Labute approximate surface area is 114 Å². The number of methoxy groups -OCH3 is 1. The summed E-state index contributed by atoms with van der Waals surface area (Å²) in [6.07, 6.45) is 2.18. The Morgan fingerprint density at radius 3 is 2.47 bits per heavy atom. The summed E-state index contributed by atoms with van der Waals surface area (Å²) in [5.41, 5.74) is 2.14. The molecule has 104 valence electrons. The van der Waals surface area contributed by atoms with E-state index < -0.39 is 12.0 Å². The van der Waals surface area contributed by atoms with Crippen molar-refractivity contribution in [3.63, 3.8) is 0 Å². The van der Waals surface area contributed by atoms with Crippen LogP contribution in [0.1, 0.15) is 25.8 Å². The van der Waals surface area contributed by atoms with E-state index in [9.17, 15) is 9.90 Å². The maximum atomic E-state index is 11.7. The molecule has 0 spiro atoms. The number of hydrogen-bond acceptors (Lipinski definition) is 3. The molecular weight excluding hydrogens is 240 g/mol. The summed E-state index contributed by atoms with van der Waals surface area (Å²) in [6.45, 7) is 3.94. The number of rotatable bonds is 6. The normalized spacial score (nSPS) is 13.5. The molecule has 0 aliphatic carbocycles. The van der Waals surface area contributed by atoms with Crippen LogP contribution < -0.4 is 0 Å². The molecule has 0 radical (unpaired) electrons. The predicted molar refractivity (Wildman–Crippen MR) is 75.7 cm³/mol. The van der Waals surface area contributed by atoms with E-state index in [1.54, 1.807) is 0 Å². The molecule has 1 N–H and O–H groups in total. The number of carbonyl (C=O) groups excluding carboxylic acids is 1. The van der Waals surface area contributed by atoms with E-state index in [1.807, 2.05) is 50.3 Å². The van der Waals surface area contributed by atoms with Gasteiger partial charge in [-0.25, -0.2) is 0 Å². The molecule has 0 aliphatic rings. The van der Waals surface area contributed by atoms with Crippen LogP contribution in [0.4, 0.5) is 0 Å². The fourth-order valence-electron chi connectivity index (χ4n) is 1.92. The van der Waals surface area contributed by atoms with Crippen molar-refractivity contribution in [1.82, 2.24) is 0 Å². The average Bonchev–Trinajstić information content (AvgIpc) is 2.39. The lowest BCUT2D eigenvalue weighted by molar-refractivity contribution is -0.149. The van der Waals surface area contributed by atoms with Gasteiger partial charge < -0.3 is 9.84 Å². The van der Waals surface area contributed by atoms with E-state index >= 15 is 0 Å². The summed E-state index contributed by atoms with van der Waals surface area (Å²) in [6, 6.07) is 9.66. The van der Waals surface area contributed by atoms with Crippen LogP contribution in [0.15, 0.2) is 42.0 Å². The van der Waals surface area contributed by atoms with Gasteiger partial charge in [0.1, 0.15) is 0 Å². The monoisotopic (exact) mass is 262 g/mol. The first-order chi connectivity index (χ1) is 9.04. The Kier molecular flexibility index (Phi) is 6.30. The predicted octanol–water partition coefficient (Wildman–Crippen LogP) is 2.74. The van der Waals surface area contributed by atoms with Crippen molar-refractivity contribution >= 4 is 5.97 Å². The number of aliphatic hydroxyl groups excluding tert-OH is 1. The second-order valence-electron chi connectivity index (χ2n) is 4.90. The zero-order valence-corrected chi connectivity index (χ0v) is 11.8. The highest BCUT2D eigenvalue weighted by molar-refractivity contribution is 5.73. The quantitative estimate of drug-likeness (QED) is 0.633. The van der Waals surface area contributed by atoms with Crippen LogP contribution in [0, 0.1) is 5.92 Å². The molecule has 0 aliphatic heterocycles. The molecule has 0 heterocycles. The molecule has 0 saturated heterocycles. The molecule has 0 aromatic heterocycles. The van der Waals surface area contributed by atoms with Gasteiger partial charge in [-0.15, -0.1) is 0 Å². The summed E-state index contributed by atoms with van der Waals surface area (Å²) in [7, 11) is 1.35. The number of hydrogen-bond donors (Lipinski definition) is 1. The van der Waals surface area contributed by atoms with Crippen molar-refractivity contribution in [2.24, 2.45) is 5.92 Å². The molecule has 19 heavy (non-hydrogen) atoms. The number of carbonyl (C=O) groups is 1. The van der Waals surface area contributed by atoms with Crippen LogP contribution in [0.3, 0.4) is 0 Å². The molecule has 0 saturated carbocycles. The summed E-state index contributed by atoms with van der Waals surface area (Å²) < 4.78 is 4.78. The standard InChI is InChI=1S/C16H22O3/c1-12(2)9-10-14(16(18)19-3)15(17)11-13-7-5-4-6-8-13/h4-9,14-15,17H,10-11H2,1-3H3/t14-,15-/m1/s1. The first-order valence-electron chi connectivity index (χ1n) is 6.47. The van der Waals surface area contributed by atoms with Crippen molar-refractivity contribution in [2.45, 2.75) is 32.8 Å². The smallest absolute Gasteiger partial charge is 0.311 e. The van der Waals surface area contributed by atoms with Gasteiger partial charge in [-0.1, -0.05) is 42.0 Å². The van der Waals surface area contributed by atoms with Crippen LogP contribution in [0.25, 0.3) is 0 Å². The second kappa shape index (κ2) is 7.74. The minimum atomic E-state index is -0.731. The molecule has 0 fully saturated rings. The van der Waals surface area contributed by atoms with Crippen LogP contribution >= 0.6 is 0 Å². The summed E-state index contributed by atoms with van der Waals surface area (Å²) >= 11 is 0. The molecule has 3 heteroatoms. The van der Waals surface area contributed by atoms with Gasteiger partial charge in [-0.2, -0.15) is 0 Å². The first-order valence-corrected chi connectivity index (χ1v) is 6.47. The van der Waals surface area contributed by atoms with Crippen LogP contribution in [-0.2, 0) is 16.0 Å². The first kappa shape index (κ1) is 15.4. The maximum absolute atomic E-state index is 11.7. The van der Waals surface area contributed by atoms with E-state index in [0.29, 0.717) is 12.8 Å². The highest BCUT2D eigenvalue weighted by Crippen LogP contribution is 2.17. The summed E-state index contributed by atoms with van der Waals surface area (Å²) in [5.74, 6) is -0.874. The molecule has 1 aromatic carbocycles. The van der Waals surface area contributed by atoms with Gasteiger partial charge >= 0.3 is 5.97 Å². The number of esters is 1. The number of benzene rings is 1. The topological polar surface area (TPSA) is 46.5 Å². The van der Waals surface area contributed by atoms with Gasteiger partial charge in [0.15, 0.2) is 0 Å². The number of allylic oxidation sites excluding steroid dienone is 2. The fourth-order valence-corrected chi connectivity index (χ4v) is 1.92. The number of ether oxygens (including phenoxy) is 1. The van der Waals surface area contributed by atoms with Crippen molar-refractivity contribution in [3.8, 4) is 0 Å². The lowest BCUT2D eigenvalue weighted by atomic mass is 9.92. The van der Waals surface area contributed by atoms with Crippen molar-refractivity contribution in [3.05, 3.63) is 47.5 Å². The Morgan fingerprint density at radius 1 is 1.32 bits per heavy atom. The van der Waals surface area contributed by atoms with Crippen LogP contribution in [-0.4, -0.2) is 24.3 Å². The molecular formula is C16H22O3. The molecule has 0 unspecified atom stereocenters. The zero-order chi connectivity index (χ0) is 14.3. The van der Waals surface area contributed by atoms with Gasteiger partial charge in [-0.3, -0.25) is 4.79 Å². The lowest BCUT2D eigenvalue weighted by Crippen LogP contribution is -2.30. The van der Waals surface area contributed by atoms with E-state index in [-0.39, 0.29) is 5.97 Å². The Morgan fingerprint density at radius 2 is 1.95 bits per heavy atom. The fraction of sp³-hybridized carbons (Fsp3) is 0.438. The van der Waals surface area contributed by atoms with Gasteiger partial charge in [0, 0.05) is 0 Å². The molecule has 2 atom stereocenters. The van der Waals surface area contributed by atoms with E-state index in [4.69, 9.17) is 4.74 Å². The zero-order valence-electron chi connectivity index (χ0n) is 11.8. The minimum Gasteiger partial charge on any atom is -0.469 e. The largest absolute Gasteiger partial charge is 0.469 e. The molecule has 3 nitrogen and oxygen atoms in total. The molecule has 1 rings (SSSR count). The maximum Gasteiger partial charge on any atom is 0.311 e. The van der Waals surface area contributed by atoms with Crippen molar-refractivity contribution < 1.29 is 14.6 Å². The van der Waals surface area contributed by atoms with E-state index in [1.165, 1.54) is 7.11 Å². The third kappa shape index (κ3) is 5.26. The number of aliphatic hydroxyl groups is 1. The van der Waals surface area contributed by atoms with Gasteiger partial charge in [0.25, 0.3) is 0 Å². The average molecular weight is 262 g/mol. The Balaban J connectivity index is 2.73. The van der Waals surface area contributed by atoms with Gasteiger partial charge in [0.2, 0.25) is 0 Å². The van der Waals surface area contributed by atoms with Crippen LogP contribution in [0.5, 0.6) is 0 Å².